The van der Waals surface area contributed by atoms with Crippen LogP contribution in [0, 0.1) is 0 Å². The van der Waals surface area contributed by atoms with Crippen LogP contribution in [-0.2, 0) is 9.53 Å². The minimum Gasteiger partial charge on any atom is -0.496 e. The molecule has 0 aliphatic carbocycles. The maximum absolute atomic E-state index is 14.5. The molecule has 0 saturated carbocycles. The number of methoxy groups -OCH3 is 1. The van der Waals surface area contributed by atoms with Gasteiger partial charge in [-0.05, 0) is 67.4 Å². The van der Waals surface area contributed by atoms with E-state index in [1.54, 1.807) is 25.5 Å². The van der Waals surface area contributed by atoms with E-state index >= 15 is 0 Å². The molecule has 0 unspecified atom stereocenters. The highest BCUT2D eigenvalue weighted by Crippen LogP contribution is 2.40. The summed E-state index contributed by atoms with van der Waals surface area (Å²) in [5, 5.41) is 3.85. The highest BCUT2D eigenvalue weighted by Gasteiger charge is 2.36. The van der Waals surface area contributed by atoms with E-state index in [4.69, 9.17) is 19.2 Å². The molecule has 0 spiro atoms. The molecular formula is C35H32N2O5S. The predicted octanol–water partition coefficient (Wildman–Crippen LogP) is 5.90. The maximum atomic E-state index is 14.5. The molecule has 1 aliphatic heterocycles. The Morgan fingerprint density at radius 3 is 2.30 bits per heavy atom. The van der Waals surface area contributed by atoms with Gasteiger partial charge in [-0.15, -0.1) is 0 Å². The number of esters is 1. The van der Waals surface area contributed by atoms with Crippen molar-refractivity contribution in [1.82, 2.24) is 4.57 Å². The van der Waals surface area contributed by atoms with Gasteiger partial charge in [-0.3, -0.25) is 9.36 Å². The molecule has 1 aromatic heterocycles. The number of fused-ring (bicyclic) bond motifs is 3. The fourth-order valence-electron chi connectivity index (χ4n) is 5.71. The molecule has 4 aromatic carbocycles. The van der Waals surface area contributed by atoms with Crippen LogP contribution in [0.1, 0.15) is 44.9 Å². The first-order valence-electron chi connectivity index (χ1n) is 14.3. The van der Waals surface area contributed by atoms with Crippen LogP contribution >= 0.6 is 11.3 Å². The molecular weight excluding hydrogens is 560 g/mol. The van der Waals surface area contributed by atoms with Crippen LogP contribution in [0.2, 0.25) is 0 Å². The van der Waals surface area contributed by atoms with Crippen LogP contribution in [0.25, 0.3) is 27.6 Å². The van der Waals surface area contributed by atoms with E-state index in [1.165, 1.54) is 11.3 Å². The molecule has 8 heteroatoms. The average Bonchev–Trinajstić information content (AvgIpc) is 3.30. The summed E-state index contributed by atoms with van der Waals surface area (Å²) in [6, 6.07) is 22.9. The van der Waals surface area contributed by atoms with Gasteiger partial charge in [0, 0.05) is 11.1 Å². The Hall–Kier alpha value is -4.69. The highest BCUT2D eigenvalue weighted by molar-refractivity contribution is 7.07. The molecule has 43 heavy (non-hydrogen) atoms. The van der Waals surface area contributed by atoms with Crippen molar-refractivity contribution >= 4 is 44.9 Å². The number of aromatic nitrogens is 1. The number of carbonyl (C=O) groups is 1. The number of allylic oxidation sites excluding steroid dienone is 1. The number of benzene rings is 4. The summed E-state index contributed by atoms with van der Waals surface area (Å²) in [6.45, 7) is 7.69. The summed E-state index contributed by atoms with van der Waals surface area (Å²) in [5.41, 5.74) is 2.07. The molecule has 0 bridgehead atoms. The summed E-state index contributed by atoms with van der Waals surface area (Å²) in [5.74, 6) is 0.742. The van der Waals surface area contributed by atoms with Crippen molar-refractivity contribution in [2.45, 2.75) is 39.8 Å². The lowest BCUT2D eigenvalue weighted by Crippen LogP contribution is -2.40. The Kier molecular flexibility index (Phi) is 7.62. The maximum Gasteiger partial charge on any atom is 0.338 e. The van der Waals surface area contributed by atoms with Gasteiger partial charge >= 0.3 is 5.97 Å². The average molecular weight is 593 g/mol. The number of rotatable bonds is 7. The molecule has 0 saturated heterocycles. The van der Waals surface area contributed by atoms with Crippen LogP contribution in [0.4, 0.5) is 0 Å². The van der Waals surface area contributed by atoms with Gasteiger partial charge in [-0.1, -0.05) is 72.0 Å². The molecule has 0 fully saturated rings. The predicted molar refractivity (Wildman–Crippen MR) is 171 cm³/mol. The SMILES string of the molecule is CCOC(=O)C1=C(C)N=c2s/c(=C\c3c(OC(C)C)ccc4ccccc34)c(=O)n2[C@@H]1c1c(OC)ccc2ccccc12. The summed E-state index contributed by atoms with van der Waals surface area (Å²) in [4.78, 5) is 33.2. The lowest BCUT2D eigenvalue weighted by atomic mass is 9.90. The van der Waals surface area contributed by atoms with Crippen LogP contribution in [-0.4, -0.2) is 30.4 Å². The first-order chi connectivity index (χ1) is 20.8. The standard InChI is InChI=1S/C35H32N2O5S/c1-6-41-34(39)30-21(4)36-35-37(32(30)31-25-14-10-8-12-23(25)16-18-28(31)40-5)33(38)29(43-35)19-26-24-13-9-7-11-22(24)15-17-27(26)42-20(2)3/h7-20,32H,6H2,1-5H3/b29-19-/t32-/m0/s1. The quantitative estimate of drug-likeness (QED) is 0.220. The fraction of sp³-hybridized carbons (Fsp3) is 0.229. The Labute approximate surface area is 253 Å². The molecule has 218 valence electrons. The zero-order chi connectivity index (χ0) is 30.2. The number of carbonyl (C=O) groups excluding carboxylic acids is 1. The second-order valence-electron chi connectivity index (χ2n) is 10.6. The Bertz CT molecular complexity index is 2100. The second-order valence-corrected chi connectivity index (χ2v) is 11.6. The second kappa shape index (κ2) is 11.5. The third-order valence-corrected chi connectivity index (χ3v) is 8.49. The van der Waals surface area contributed by atoms with Gasteiger partial charge in [0.05, 0.1) is 35.6 Å². The number of thiazole rings is 1. The molecule has 5 aromatic rings. The molecule has 0 N–H and O–H groups in total. The number of hydrogen-bond donors (Lipinski definition) is 0. The lowest BCUT2D eigenvalue weighted by molar-refractivity contribution is -0.139. The Balaban J connectivity index is 1.68. The van der Waals surface area contributed by atoms with Gasteiger partial charge in [0.15, 0.2) is 4.80 Å². The summed E-state index contributed by atoms with van der Waals surface area (Å²) in [6.07, 6.45) is 1.83. The van der Waals surface area contributed by atoms with Gasteiger partial charge in [0.1, 0.15) is 17.5 Å². The lowest BCUT2D eigenvalue weighted by Gasteiger charge is -2.27. The van der Waals surface area contributed by atoms with E-state index in [0.717, 1.165) is 27.1 Å². The molecule has 0 amide bonds. The third kappa shape index (κ3) is 5.02. The molecule has 1 atom stereocenters. The molecule has 6 rings (SSSR count). The van der Waals surface area contributed by atoms with E-state index in [-0.39, 0.29) is 18.3 Å². The van der Waals surface area contributed by atoms with Crippen LogP contribution in [0.3, 0.4) is 0 Å². The summed E-state index contributed by atoms with van der Waals surface area (Å²) in [7, 11) is 1.59. The smallest absolute Gasteiger partial charge is 0.338 e. The van der Waals surface area contributed by atoms with Crippen molar-refractivity contribution < 1.29 is 19.0 Å². The van der Waals surface area contributed by atoms with E-state index in [2.05, 4.69) is 0 Å². The largest absolute Gasteiger partial charge is 0.496 e. The van der Waals surface area contributed by atoms with Crippen molar-refractivity contribution in [2.24, 2.45) is 4.99 Å². The molecule has 0 radical (unpaired) electrons. The molecule has 1 aliphatic rings. The van der Waals surface area contributed by atoms with Crippen LogP contribution < -0.4 is 24.4 Å². The Morgan fingerprint density at radius 1 is 0.977 bits per heavy atom. The third-order valence-electron chi connectivity index (χ3n) is 7.51. The van der Waals surface area contributed by atoms with E-state index < -0.39 is 12.0 Å². The first-order valence-corrected chi connectivity index (χ1v) is 15.1. The van der Waals surface area contributed by atoms with Crippen molar-refractivity contribution in [1.29, 1.82) is 0 Å². The van der Waals surface area contributed by atoms with Crippen molar-refractivity contribution in [2.75, 3.05) is 13.7 Å². The number of ether oxygens (including phenoxy) is 3. The number of hydrogen-bond acceptors (Lipinski definition) is 7. The van der Waals surface area contributed by atoms with Gasteiger partial charge in [0.2, 0.25) is 0 Å². The van der Waals surface area contributed by atoms with E-state index in [1.807, 2.05) is 92.7 Å². The minimum atomic E-state index is -0.808. The van der Waals surface area contributed by atoms with Gasteiger partial charge in [-0.2, -0.15) is 0 Å². The van der Waals surface area contributed by atoms with E-state index in [0.29, 0.717) is 37.7 Å². The molecule has 7 nitrogen and oxygen atoms in total. The molecule has 2 heterocycles. The van der Waals surface area contributed by atoms with Crippen molar-refractivity contribution in [3.05, 3.63) is 115 Å². The highest BCUT2D eigenvalue weighted by atomic mass is 32.1. The van der Waals surface area contributed by atoms with Gasteiger partial charge < -0.3 is 14.2 Å². The van der Waals surface area contributed by atoms with Gasteiger partial charge in [-0.25, -0.2) is 9.79 Å². The topological polar surface area (TPSA) is 79.1 Å². The summed E-state index contributed by atoms with van der Waals surface area (Å²) < 4.78 is 19.6. The van der Waals surface area contributed by atoms with Crippen LogP contribution in [0.15, 0.2) is 93.9 Å². The van der Waals surface area contributed by atoms with Crippen molar-refractivity contribution in [3.8, 4) is 11.5 Å². The number of nitrogens with zero attached hydrogens (tertiary/aromatic N) is 2. The van der Waals surface area contributed by atoms with Gasteiger partial charge in [0.25, 0.3) is 5.56 Å². The fourth-order valence-corrected chi connectivity index (χ4v) is 6.74. The zero-order valence-corrected chi connectivity index (χ0v) is 25.5. The summed E-state index contributed by atoms with van der Waals surface area (Å²) >= 11 is 1.29. The normalized spacial score (nSPS) is 15.1. The minimum absolute atomic E-state index is 0.0526. The zero-order valence-electron chi connectivity index (χ0n) is 24.7. The van der Waals surface area contributed by atoms with E-state index in [9.17, 15) is 9.59 Å². The first kappa shape index (κ1) is 28.4. The monoisotopic (exact) mass is 592 g/mol. The Morgan fingerprint density at radius 2 is 1.63 bits per heavy atom. The van der Waals surface area contributed by atoms with Crippen molar-refractivity contribution in [3.63, 3.8) is 0 Å². The van der Waals surface area contributed by atoms with Crippen LogP contribution in [0.5, 0.6) is 11.5 Å².